The minimum atomic E-state index is -0.480. The van der Waals surface area contributed by atoms with Gasteiger partial charge < -0.3 is 19.3 Å². The summed E-state index contributed by atoms with van der Waals surface area (Å²) in [6, 6.07) is 7.65. The molecule has 0 N–H and O–H groups in total. The summed E-state index contributed by atoms with van der Waals surface area (Å²) < 4.78 is 11.5. The van der Waals surface area contributed by atoms with Crippen LogP contribution in [-0.4, -0.2) is 59.7 Å². The second-order valence-corrected chi connectivity index (χ2v) is 9.14. The Morgan fingerprint density at radius 2 is 1.69 bits per heavy atom. The van der Waals surface area contributed by atoms with Gasteiger partial charge in [-0.25, -0.2) is 4.79 Å². The van der Waals surface area contributed by atoms with Crippen LogP contribution in [0.1, 0.15) is 57.9 Å². The predicted molar refractivity (Wildman–Crippen MR) is 117 cm³/mol. The van der Waals surface area contributed by atoms with Gasteiger partial charge in [0, 0.05) is 39.0 Å². The first-order chi connectivity index (χ1) is 13.6. The molecule has 1 aliphatic heterocycles. The molecule has 29 heavy (non-hydrogen) atoms. The molecule has 1 aromatic carbocycles. The van der Waals surface area contributed by atoms with Gasteiger partial charge in [-0.2, -0.15) is 0 Å². The third kappa shape index (κ3) is 6.91. The van der Waals surface area contributed by atoms with Crippen molar-refractivity contribution in [3.05, 3.63) is 29.8 Å². The number of likely N-dealkylation sites (tertiary alicyclic amines) is 1. The fourth-order valence-corrected chi connectivity index (χ4v) is 3.82. The van der Waals surface area contributed by atoms with Gasteiger partial charge in [-0.15, -0.1) is 0 Å². The molecular weight excluding hydrogens is 436 g/mol. The van der Waals surface area contributed by atoms with Crippen LogP contribution in [0.15, 0.2) is 24.3 Å². The third-order valence-electron chi connectivity index (χ3n) is 4.86. The molecule has 1 unspecified atom stereocenters. The van der Waals surface area contributed by atoms with Gasteiger partial charge in [0.05, 0.1) is 0 Å². The summed E-state index contributed by atoms with van der Waals surface area (Å²) in [6.45, 7) is 12.2. The van der Waals surface area contributed by atoms with E-state index >= 15 is 0 Å². The van der Waals surface area contributed by atoms with Crippen LogP contribution in [-0.2, 0) is 9.53 Å². The van der Waals surface area contributed by atoms with Crippen molar-refractivity contribution in [2.24, 2.45) is 0 Å². The van der Waals surface area contributed by atoms with Gasteiger partial charge in [0.1, 0.15) is 22.3 Å². The molecule has 1 aromatic rings. The molecule has 1 atom stereocenters. The average Bonchev–Trinajstić information content (AvgIpc) is 2.68. The summed E-state index contributed by atoms with van der Waals surface area (Å²) in [5.74, 6) is 0.845. The molecule has 6 nitrogen and oxygen atoms in total. The number of rotatable bonds is 6. The fraction of sp³-hybridized carbons (Fsp3) is 0.636. The number of halogens is 1. The Hall–Kier alpha value is -1.76. The second kappa shape index (κ2) is 10.3. The Kier molecular flexibility index (Phi) is 8.37. The zero-order chi connectivity index (χ0) is 21.6. The van der Waals surface area contributed by atoms with E-state index in [4.69, 9.17) is 9.47 Å². The van der Waals surface area contributed by atoms with Gasteiger partial charge in [0.15, 0.2) is 0 Å². The topological polar surface area (TPSA) is 59.1 Å². The number of hydrogen-bond acceptors (Lipinski definition) is 4. The molecule has 0 saturated carbocycles. The predicted octanol–water partition coefficient (Wildman–Crippen LogP) is 4.77. The first-order valence-corrected chi connectivity index (χ1v) is 11.2. The van der Waals surface area contributed by atoms with Crippen molar-refractivity contribution in [2.45, 2.75) is 64.0 Å². The summed E-state index contributed by atoms with van der Waals surface area (Å²) in [7, 11) is 0. The van der Waals surface area contributed by atoms with E-state index < -0.39 is 5.60 Å². The molecule has 1 saturated heterocycles. The standard InChI is InChI=1S/C22H33BrN2O4/c1-6-24(7-2)20(26)19(23)16-8-10-17(11-9-16)28-18-12-14-25(15-13-18)21(27)29-22(3,4)5/h8-11,18-19H,6-7,12-15H2,1-5H3. The Morgan fingerprint density at radius 1 is 1.14 bits per heavy atom. The lowest BCUT2D eigenvalue weighted by Gasteiger charge is -2.33. The monoisotopic (exact) mass is 468 g/mol. The maximum atomic E-state index is 12.5. The van der Waals surface area contributed by atoms with E-state index in [2.05, 4.69) is 15.9 Å². The second-order valence-electron chi connectivity index (χ2n) is 8.23. The van der Waals surface area contributed by atoms with Gasteiger partial charge in [-0.05, 0) is 52.3 Å². The highest BCUT2D eigenvalue weighted by molar-refractivity contribution is 9.09. The van der Waals surface area contributed by atoms with Crippen LogP contribution in [0.5, 0.6) is 5.75 Å². The third-order valence-corrected chi connectivity index (χ3v) is 5.78. The van der Waals surface area contributed by atoms with Crippen LogP contribution < -0.4 is 4.74 Å². The highest BCUT2D eigenvalue weighted by atomic mass is 79.9. The summed E-state index contributed by atoms with van der Waals surface area (Å²) in [6.07, 6.45) is 1.34. The first-order valence-electron chi connectivity index (χ1n) is 10.3. The largest absolute Gasteiger partial charge is 0.490 e. The number of nitrogens with zero attached hydrogens (tertiary/aromatic N) is 2. The fourth-order valence-electron chi connectivity index (χ4n) is 3.23. The number of carbonyl (C=O) groups is 2. The van der Waals surface area contributed by atoms with Crippen molar-refractivity contribution < 1.29 is 19.1 Å². The Bertz CT molecular complexity index is 675. The molecule has 1 aliphatic rings. The molecule has 0 aliphatic carbocycles. The zero-order valence-corrected chi connectivity index (χ0v) is 19.7. The van der Waals surface area contributed by atoms with Crippen molar-refractivity contribution in [3.63, 3.8) is 0 Å². The number of carbonyl (C=O) groups excluding carboxylic acids is 2. The minimum Gasteiger partial charge on any atom is -0.490 e. The maximum absolute atomic E-state index is 12.5. The average molecular weight is 469 g/mol. The summed E-state index contributed by atoms with van der Waals surface area (Å²) in [5, 5.41) is 0. The zero-order valence-electron chi connectivity index (χ0n) is 18.1. The lowest BCUT2D eigenvalue weighted by Crippen LogP contribution is -2.44. The van der Waals surface area contributed by atoms with Gasteiger partial charge in [-0.1, -0.05) is 28.1 Å². The number of hydrogen-bond donors (Lipinski definition) is 0. The van der Waals surface area contributed by atoms with Crippen LogP contribution >= 0.6 is 15.9 Å². The Balaban J connectivity index is 1.86. The van der Waals surface area contributed by atoms with Crippen molar-refractivity contribution >= 4 is 27.9 Å². The molecule has 0 aromatic heterocycles. The van der Waals surface area contributed by atoms with E-state index in [1.165, 1.54) is 0 Å². The van der Waals surface area contributed by atoms with E-state index in [1.54, 1.807) is 4.90 Å². The molecule has 2 rings (SSSR count). The number of piperidine rings is 1. The molecule has 2 amide bonds. The lowest BCUT2D eigenvalue weighted by molar-refractivity contribution is -0.130. The number of benzene rings is 1. The van der Waals surface area contributed by atoms with Crippen LogP contribution in [0.4, 0.5) is 4.79 Å². The summed E-state index contributed by atoms with van der Waals surface area (Å²) in [5.41, 5.74) is 0.431. The normalized spacial score (nSPS) is 16.3. The molecular formula is C22H33BrN2O4. The van der Waals surface area contributed by atoms with Crippen LogP contribution in [0.25, 0.3) is 0 Å². The smallest absolute Gasteiger partial charge is 0.410 e. The Labute approximate surface area is 182 Å². The van der Waals surface area contributed by atoms with Gasteiger partial charge in [-0.3, -0.25) is 4.79 Å². The summed E-state index contributed by atoms with van der Waals surface area (Å²) >= 11 is 3.52. The van der Waals surface area contributed by atoms with Crippen LogP contribution in [0.3, 0.4) is 0 Å². The van der Waals surface area contributed by atoms with Crippen molar-refractivity contribution in [3.8, 4) is 5.75 Å². The Morgan fingerprint density at radius 3 is 2.17 bits per heavy atom. The molecule has 1 heterocycles. The lowest BCUT2D eigenvalue weighted by atomic mass is 10.1. The van der Waals surface area contributed by atoms with E-state index in [1.807, 2.05) is 63.8 Å². The molecule has 0 radical (unpaired) electrons. The van der Waals surface area contributed by atoms with Gasteiger partial charge >= 0.3 is 6.09 Å². The maximum Gasteiger partial charge on any atom is 0.410 e. The van der Waals surface area contributed by atoms with E-state index in [9.17, 15) is 9.59 Å². The number of likely N-dealkylation sites (N-methyl/N-ethyl adjacent to an activating group) is 1. The number of amides is 2. The van der Waals surface area contributed by atoms with E-state index in [0.29, 0.717) is 26.2 Å². The van der Waals surface area contributed by atoms with Crippen LogP contribution in [0.2, 0.25) is 0 Å². The number of ether oxygens (including phenoxy) is 2. The number of alkyl halides is 1. The molecule has 0 spiro atoms. The molecule has 162 valence electrons. The van der Waals surface area contributed by atoms with E-state index in [-0.39, 0.29) is 22.9 Å². The van der Waals surface area contributed by atoms with Gasteiger partial charge in [0.2, 0.25) is 5.91 Å². The highest BCUT2D eigenvalue weighted by Crippen LogP contribution is 2.28. The molecule has 1 fully saturated rings. The quantitative estimate of drug-likeness (QED) is 0.564. The summed E-state index contributed by atoms with van der Waals surface area (Å²) in [4.78, 5) is 27.8. The van der Waals surface area contributed by atoms with Crippen molar-refractivity contribution in [2.75, 3.05) is 26.2 Å². The van der Waals surface area contributed by atoms with Gasteiger partial charge in [0.25, 0.3) is 0 Å². The first kappa shape index (κ1) is 23.5. The molecule has 0 bridgehead atoms. The van der Waals surface area contributed by atoms with Crippen LogP contribution in [0, 0.1) is 0 Å². The molecule has 7 heteroatoms. The minimum absolute atomic E-state index is 0.0663. The van der Waals surface area contributed by atoms with Crippen molar-refractivity contribution in [1.82, 2.24) is 9.80 Å². The highest BCUT2D eigenvalue weighted by Gasteiger charge is 2.28. The van der Waals surface area contributed by atoms with E-state index in [0.717, 1.165) is 24.2 Å². The SMILES string of the molecule is CCN(CC)C(=O)C(Br)c1ccc(OC2CCN(C(=O)OC(C)(C)C)CC2)cc1. The van der Waals surface area contributed by atoms with Crippen molar-refractivity contribution in [1.29, 1.82) is 0 Å².